The van der Waals surface area contributed by atoms with Gasteiger partial charge in [0.1, 0.15) is 5.69 Å². The van der Waals surface area contributed by atoms with Crippen molar-refractivity contribution in [1.29, 1.82) is 0 Å². The molecule has 0 bridgehead atoms. The molecular formula is C12H18N2O3. The summed E-state index contributed by atoms with van der Waals surface area (Å²) in [4.78, 5) is 10.4. The zero-order chi connectivity index (χ0) is 13.0. The molecule has 1 aromatic rings. The molecule has 5 nitrogen and oxygen atoms in total. The molecule has 0 saturated carbocycles. The van der Waals surface area contributed by atoms with Crippen LogP contribution in [0.3, 0.4) is 0 Å². The van der Waals surface area contributed by atoms with Gasteiger partial charge in [0.05, 0.1) is 11.0 Å². The molecular weight excluding hydrogens is 220 g/mol. The molecule has 94 valence electrons. The fourth-order valence-electron chi connectivity index (χ4n) is 1.76. The molecule has 2 unspecified atom stereocenters. The predicted molar refractivity (Wildman–Crippen MR) is 67.2 cm³/mol. The number of hydrogen-bond acceptors (Lipinski definition) is 4. The highest BCUT2D eigenvalue weighted by atomic mass is 16.6. The Morgan fingerprint density at radius 1 is 1.47 bits per heavy atom. The van der Waals surface area contributed by atoms with Crippen LogP contribution in [0.5, 0.6) is 0 Å². The van der Waals surface area contributed by atoms with E-state index >= 15 is 0 Å². The van der Waals surface area contributed by atoms with Crippen LogP contribution in [0.4, 0.5) is 11.4 Å². The average Bonchev–Trinajstić information content (AvgIpc) is 2.15. The van der Waals surface area contributed by atoms with E-state index in [1.54, 1.807) is 19.1 Å². The summed E-state index contributed by atoms with van der Waals surface area (Å²) >= 11 is 0. The molecule has 0 aliphatic carbocycles. The maximum absolute atomic E-state index is 10.9. The Kier molecular flexibility index (Phi) is 4.45. The summed E-state index contributed by atoms with van der Waals surface area (Å²) < 4.78 is 0. The van der Waals surface area contributed by atoms with Gasteiger partial charge in [0.2, 0.25) is 0 Å². The lowest BCUT2D eigenvalue weighted by molar-refractivity contribution is -0.384. The standard InChI is InChI=1S/C12H18N2O3/c1-8-4-5-12(14(16)17)11(6-8)13-9(2)7-10(3)15/h4-6,9-10,13,15H,7H2,1-3H3. The molecule has 0 radical (unpaired) electrons. The number of aliphatic hydroxyl groups excluding tert-OH is 1. The Morgan fingerprint density at radius 2 is 2.12 bits per heavy atom. The van der Waals surface area contributed by atoms with Gasteiger partial charge in [0.15, 0.2) is 0 Å². The van der Waals surface area contributed by atoms with Crippen LogP contribution in [0, 0.1) is 17.0 Å². The van der Waals surface area contributed by atoms with Gasteiger partial charge in [-0.25, -0.2) is 0 Å². The predicted octanol–water partition coefficient (Wildman–Crippen LogP) is 2.47. The molecule has 2 N–H and O–H groups in total. The lowest BCUT2D eigenvalue weighted by Gasteiger charge is -2.17. The Balaban J connectivity index is 2.88. The lowest BCUT2D eigenvalue weighted by atomic mass is 10.1. The number of nitro benzene ring substituents is 1. The van der Waals surface area contributed by atoms with Crippen molar-refractivity contribution in [2.45, 2.75) is 39.3 Å². The third kappa shape index (κ3) is 4.03. The molecule has 2 atom stereocenters. The smallest absolute Gasteiger partial charge is 0.292 e. The largest absolute Gasteiger partial charge is 0.393 e. The lowest BCUT2D eigenvalue weighted by Crippen LogP contribution is -2.21. The highest BCUT2D eigenvalue weighted by Gasteiger charge is 2.15. The Bertz CT molecular complexity index is 405. The number of aliphatic hydroxyl groups is 1. The van der Waals surface area contributed by atoms with Crippen molar-refractivity contribution < 1.29 is 10.0 Å². The molecule has 5 heteroatoms. The second-order valence-electron chi connectivity index (χ2n) is 4.41. The molecule has 0 fully saturated rings. The summed E-state index contributed by atoms with van der Waals surface area (Å²) in [6, 6.07) is 4.93. The van der Waals surface area contributed by atoms with Crippen LogP contribution < -0.4 is 5.32 Å². The van der Waals surface area contributed by atoms with E-state index in [1.807, 2.05) is 13.8 Å². The third-order valence-electron chi connectivity index (χ3n) is 2.45. The normalized spacial score (nSPS) is 14.1. The van der Waals surface area contributed by atoms with E-state index in [2.05, 4.69) is 5.32 Å². The second-order valence-corrected chi connectivity index (χ2v) is 4.41. The first-order valence-corrected chi connectivity index (χ1v) is 5.59. The van der Waals surface area contributed by atoms with Gasteiger partial charge < -0.3 is 10.4 Å². The maximum atomic E-state index is 10.9. The van der Waals surface area contributed by atoms with Gasteiger partial charge in [-0.1, -0.05) is 6.07 Å². The zero-order valence-electron chi connectivity index (χ0n) is 10.3. The summed E-state index contributed by atoms with van der Waals surface area (Å²) in [5, 5.41) is 23.2. The first kappa shape index (κ1) is 13.4. The van der Waals surface area contributed by atoms with Gasteiger partial charge in [-0.3, -0.25) is 10.1 Å². The van der Waals surface area contributed by atoms with Crippen molar-refractivity contribution in [2.75, 3.05) is 5.32 Å². The number of anilines is 1. The van der Waals surface area contributed by atoms with Crippen molar-refractivity contribution in [3.63, 3.8) is 0 Å². The monoisotopic (exact) mass is 238 g/mol. The number of benzene rings is 1. The SMILES string of the molecule is Cc1ccc([N+](=O)[O-])c(NC(C)CC(C)O)c1. The van der Waals surface area contributed by atoms with Crippen molar-refractivity contribution in [2.24, 2.45) is 0 Å². The Labute approximate surface area is 101 Å². The minimum Gasteiger partial charge on any atom is -0.393 e. The molecule has 0 saturated heterocycles. The van der Waals surface area contributed by atoms with E-state index < -0.39 is 11.0 Å². The Morgan fingerprint density at radius 3 is 2.65 bits per heavy atom. The van der Waals surface area contributed by atoms with Gasteiger partial charge in [-0.15, -0.1) is 0 Å². The van der Waals surface area contributed by atoms with Gasteiger partial charge in [0, 0.05) is 12.1 Å². The van der Waals surface area contributed by atoms with Crippen LogP contribution in [-0.4, -0.2) is 22.2 Å². The average molecular weight is 238 g/mol. The van der Waals surface area contributed by atoms with E-state index in [4.69, 9.17) is 0 Å². The van der Waals surface area contributed by atoms with E-state index in [-0.39, 0.29) is 11.7 Å². The van der Waals surface area contributed by atoms with E-state index in [9.17, 15) is 15.2 Å². The summed E-state index contributed by atoms with van der Waals surface area (Å²) in [5.41, 5.74) is 1.53. The molecule has 0 aromatic heterocycles. The first-order valence-electron chi connectivity index (χ1n) is 5.59. The molecule has 1 aromatic carbocycles. The first-order chi connectivity index (χ1) is 7.90. The van der Waals surface area contributed by atoms with E-state index in [1.165, 1.54) is 6.07 Å². The molecule has 1 rings (SSSR count). The summed E-state index contributed by atoms with van der Waals surface area (Å²) in [6.45, 7) is 5.47. The van der Waals surface area contributed by atoms with Crippen LogP contribution in [-0.2, 0) is 0 Å². The second kappa shape index (κ2) is 5.63. The van der Waals surface area contributed by atoms with Crippen LogP contribution in [0.1, 0.15) is 25.8 Å². The van der Waals surface area contributed by atoms with Crippen molar-refractivity contribution in [3.05, 3.63) is 33.9 Å². The van der Waals surface area contributed by atoms with E-state index in [0.717, 1.165) is 5.56 Å². The number of rotatable bonds is 5. The summed E-state index contributed by atoms with van der Waals surface area (Å²) in [6.07, 6.45) is 0.117. The molecule has 17 heavy (non-hydrogen) atoms. The van der Waals surface area contributed by atoms with Gasteiger partial charge in [0.25, 0.3) is 5.69 Å². The molecule has 0 aliphatic rings. The molecule has 0 spiro atoms. The van der Waals surface area contributed by atoms with Crippen LogP contribution in [0.15, 0.2) is 18.2 Å². The molecule has 0 amide bonds. The summed E-state index contributed by atoms with van der Waals surface area (Å²) in [7, 11) is 0. The number of hydrogen-bond donors (Lipinski definition) is 2. The number of nitro groups is 1. The zero-order valence-corrected chi connectivity index (χ0v) is 10.3. The number of nitrogens with one attached hydrogen (secondary N) is 1. The van der Waals surface area contributed by atoms with Gasteiger partial charge in [-0.05, 0) is 38.8 Å². The minimum absolute atomic E-state index is 0.0181. The van der Waals surface area contributed by atoms with Crippen molar-refractivity contribution >= 4 is 11.4 Å². The van der Waals surface area contributed by atoms with Gasteiger partial charge >= 0.3 is 0 Å². The molecule has 0 aliphatic heterocycles. The highest BCUT2D eigenvalue weighted by Crippen LogP contribution is 2.26. The maximum Gasteiger partial charge on any atom is 0.292 e. The fraction of sp³-hybridized carbons (Fsp3) is 0.500. The number of nitrogens with zero attached hydrogens (tertiary/aromatic N) is 1. The van der Waals surface area contributed by atoms with Crippen LogP contribution in [0.25, 0.3) is 0 Å². The van der Waals surface area contributed by atoms with Crippen molar-refractivity contribution in [1.82, 2.24) is 0 Å². The van der Waals surface area contributed by atoms with Crippen LogP contribution >= 0.6 is 0 Å². The molecule has 0 heterocycles. The van der Waals surface area contributed by atoms with Gasteiger partial charge in [-0.2, -0.15) is 0 Å². The third-order valence-corrected chi connectivity index (χ3v) is 2.45. The Hall–Kier alpha value is -1.62. The van der Waals surface area contributed by atoms with Crippen molar-refractivity contribution in [3.8, 4) is 0 Å². The van der Waals surface area contributed by atoms with E-state index in [0.29, 0.717) is 12.1 Å². The number of aryl methyl sites for hydroxylation is 1. The minimum atomic E-state index is -0.429. The highest BCUT2D eigenvalue weighted by molar-refractivity contribution is 5.63. The quantitative estimate of drug-likeness (QED) is 0.610. The summed E-state index contributed by atoms with van der Waals surface area (Å²) in [5.74, 6) is 0. The van der Waals surface area contributed by atoms with Crippen LogP contribution in [0.2, 0.25) is 0 Å². The topological polar surface area (TPSA) is 75.4 Å². The fourth-order valence-corrected chi connectivity index (χ4v) is 1.76.